The van der Waals surface area contributed by atoms with Gasteiger partial charge in [0.1, 0.15) is 0 Å². The number of nitrogens with zero attached hydrogens (tertiary/aromatic N) is 2. The van der Waals surface area contributed by atoms with E-state index in [1.165, 1.54) is 4.90 Å². The van der Waals surface area contributed by atoms with Gasteiger partial charge in [0, 0.05) is 19.8 Å². The van der Waals surface area contributed by atoms with Crippen molar-refractivity contribution in [3.8, 4) is 0 Å². The highest BCUT2D eigenvalue weighted by Crippen LogP contribution is 2.02. The highest BCUT2D eigenvalue weighted by atomic mass is 16.4. The van der Waals surface area contributed by atoms with E-state index in [9.17, 15) is 9.59 Å². The van der Waals surface area contributed by atoms with E-state index in [2.05, 4.69) is 10.3 Å². The maximum Gasteiger partial charge on any atom is 0.317 e. The molecular weight excluding hydrogens is 234 g/mol. The number of nitrogens with one attached hydrogen (secondary N) is 1. The molecule has 0 saturated carbocycles. The van der Waals surface area contributed by atoms with Crippen molar-refractivity contribution in [2.24, 2.45) is 0 Å². The SMILES string of the molecule is Cc1cccnc1CNC(=O)N(C)CCC(=O)O. The fourth-order valence-electron chi connectivity index (χ4n) is 1.36. The lowest BCUT2D eigenvalue weighted by molar-refractivity contribution is -0.137. The van der Waals surface area contributed by atoms with Crippen molar-refractivity contribution in [3.63, 3.8) is 0 Å². The molecule has 0 aliphatic heterocycles. The number of carbonyl (C=O) groups is 2. The van der Waals surface area contributed by atoms with E-state index in [1.54, 1.807) is 13.2 Å². The Kier molecular flexibility index (Phi) is 5.10. The molecule has 2 amide bonds. The Morgan fingerprint density at radius 3 is 2.83 bits per heavy atom. The van der Waals surface area contributed by atoms with Crippen molar-refractivity contribution in [3.05, 3.63) is 29.6 Å². The van der Waals surface area contributed by atoms with Crippen molar-refractivity contribution in [2.75, 3.05) is 13.6 Å². The molecule has 0 aliphatic rings. The molecule has 0 bridgehead atoms. The van der Waals surface area contributed by atoms with Crippen LogP contribution in [0.5, 0.6) is 0 Å². The highest BCUT2D eigenvalue weighted by molar-refractivity contribution is 5.74. The Morgan fingerprint density at radius 1 is 1.50 bits per heavy atom. The molecule has 0 atom stereocenters. The van der Waals surface area contributed by atoms with Crippen molar-refractivity contribution in [1.82, 2.24) is 15.2 Å². The third-order valence-electron chi connectivity index (χ3n) is 2.53. The number of carboxylic acids is 1. The van der Waals surface area contributed by atoms with Gasteiger partial charge >= 0.3 is 12.0 Å². The van der Waals surface area contributed by atoms with Crippen LogP contribution in [0, 0.1) is 6.92 Å². The maximum atomic E-state index is 11.6. The maximum absolute atomic E-state index is 11.6. The first-order chi connectivity index (χ1) is 8.50. The zero-order valence-corrected chi connectivity index (χ0v) is 10.5. The average Bonchev–Trinajstić information content (AvgIpc) is 2.34. The summed E-state index contributed by atoms with van der Waals surface area (Å²) in [5.41, 5.74) is 1.81. The van der Waals surface area contributed by atoms with Gasteiger partial charge in [-0.3, -0.25) is 9.78 Å². The van der Waals surface area contributed by atoms with Crippen molar-refractivity contribution in [1.29, 1.82) is 0 Å². The van der Waals surface area contributed by atoms with E-state index in [-0.39, 0.29) is 19.0 Å². The number of carbonyl (C=O) groups excluding carboxylic acids is 1. The number of urea groups is 1. The van der Waals surface area contributed by atoms with Crippen LogP contribution in [-0.2, 0) is 11.3 Å². The van der Waals surface area contributed by atoms with Crippen LogP contribution in [-0.4, -0.2) is 40.6 Å². The molecule has 0 unspecified atom stereocenters. The molecule has 98 valence electrons. The molecule has 0 radical (unpaired) electrons. The smallest absolute Gasteiger partial charge is 0.317 e. The van der Waals surface area contributed by atoms with Crippen LogP contribution in [0.2, 0.25) is 0 Å². The van der Waals surface area contributed by atoms with E-state index in [4.69, 9.17) is 5.11 Å². The lowest BCUT2D eigenvalue weighted by atomic mass is 10.2. The van der Waals surface area contributed by atoms with Crippen LogP contribution in [0.3, 0.4) is 0 Å². The van der Waals surface area contributed by atoms with Gasteiger partial charge in [-0.15, -0.1) is 0 Å². The Hall–Kier alpha value is -2.11. The molecular formula is C12H17N3O3. The standard InChI is InChI=1S/C12H17N3O3/c1-9-4-3-6-13-10(9)8-14-12(18)15(2)7-5-11(16)17/h3-4,6H,5,7-8H2,1-2H3,(H,14,18)(H,16,17). The summed E-state index contributed by atoms with van der Waals surface area (Å²) in [5, 5.41) is 11.2. The summed E-state index contributed by atoms with van der Waals surface area (Å²) in [5.74, 6) is -0.921. The fraction of sp³-hybridized carbons (Fsp3) is 0.417. The molecule has 2 N–H and O–H groups in total. The van der Waals surface area contributed by atoms with Gasteiger partial charge in [-0.25, -0.2) is 4.79 Å². The number of aromatic nitrogens is 1. The normalized spacial score (nSPS) is 9.89. The number of amides is 2. The van der Waals surface area contributed by atoms with Crippen LogP contribution in [0.4, 0.5) is 4.79 Å². The number of hydrogen-bond donors (Lipinski definition) is 2. The lowest BCUT2D eigenvalue weighted by Gasteiger charge is -2.17. The number of carboxylic acid groups (broad SMARTS) is 1. The third kappa shape index (κ3) is 4.40. The van der Waals surface area contributed by atoms with Gasteiger partial charge in [0.05, 0.1) is 18.7 Å². The molecule has 6 heteroatoms. The van der Waals surface area contributed by atoms with Gasteiger partial charge in [0.15, 0.2) is 0 Å². The molecule has 0 aliphatic carbocycles. The zero-order valence-electron chi connectivity index (χ0n) is 10.5. The molecule has 1 aromatic rings. The Bertz CT molecular complexity index is 434. The number of aliphatic carboxylic acids is 1. The second-order valence-electron chi connectivity index (χ2n) is 3.99. The lowest BCUT2D eigenvalue weighted by Crippen LogP contribution is -2.38. The van der Waals surface area contributed by atoms with Gasteiger partial charge in [-0.05, 0) is 18.6 Å². The van der Waals surface area contributed by atoms with Gasteiger partial charge in [0.25, 0.3) is 0 Å². The van der Waals surface area contributed by atoms with Crippen LogP contribution in [0.1, 0.15) is 17.7 Å². The molecule has 0 spiro atoms. The second kappa shape index (κ2) is 6.58. The van der Waals surface area contributed by atoms with Gasteiger partial charge in [-0.2, -0.15) is 0 Å². The van der Waals surface area contributed by atoms with Crippen molar-refractivity contribution < 1.29 is 14.7 Å². The first-order valence-corrected chi connectivity index (χ1v) is 5.62. The molecule has 1 heterocycles. The molecule has 18 heavy (non-hydrogen) atoms. The van der Waals surface area contributed by atoms with E-state index in [1.807, 2.05) is 19.1 Å². The molecule has 6 nitrogen and oxygen atoms in total. The predicted octanol–water partition coefficient (Wildman–Crippen LogP) is 1.01. The van der Waals surface area contributed by atoms with E-state index >= 15 is 0 Å². The van der Waals surface area contributed by atoms with E-state index in [0.717, 1.165) is 11.3 Å². The number of aryl methyl sites for hydroxylation is 1. The van der Waals surface area contributed by atoms with Crippen LogP contribution in [0.15, 0.2) is 18.3 Å². The average molecular weight is 251 g/mol. The molecule has 0 fully saturated rings. The minimum absolute atomic E-state index is 0.0630. The van der Waals surface area contributed by atoms with Gasteiger partial charge in [-0.1, -0.05) is 6.07 Å². The first-order valence-electron chi connectivity index (χ1n) is 5.62. The fourth-order valence-corrected chi connectivity index (χ4v) is 1.36. The zero-order chi connectivity index (χ0) is 13.5. The summed E-state index contributed by atoms with van der Waals surface area (Å²) in [6, 6.07) is 3.45. The Balaban J connectivity index is 2.41. The molecule has 0 saturated heterocycles. The number of pyridine rings is 1. The third-order valence-corrected chi connectivity index (χ3v) is 2.53. The van der Waals surface area contributed by atoms with Crippen LogP contribution < -0.4 is 5.32 Å². The highest BCUT2D eigenvalue weighted by Gasteiger charge is 2.10. The van der Waals surface area contributed by atoms with Gasteiger partial charge in [0.2, 0.25) is 0 Å². The Labute approximate surface area is 106 Å². The molecule has 1 aromatic heterocycles. The largest absolute Gasteiger partial charge is 0.481 e. The molecule has 0 aromatic carbocycles. The van der Waals surface area contributed by atoms with E-state index in [0.29, 0.717) is 6.54 Å². The van der Waals surface area contributed by atoms with Crippen molar-refractivity contribution >= 4 is 12.0 Å². The van der Waals surface area contributed by atoms with Crippen LogP contribution >= 0.6 is 0 Å². The topological polar surface area (TPSA) is 82.5 Å². The van der Waals surface area contributed by atoms with Gasteiger partial charge < -0.3 is 15.3 Å². The summed E-state index contributed by atoms with van der Waals surface area (Å²) in [6.07, 6.45) is 1.61. The minimum atomic E-state index is -0.921. The summed E-state index contributed by atoms with van der Waals surface area (Å²) in [6.45, 7) is 2.44. The minimum Gasteiger partial charge on any atom is -0.481 e. The number of hydrogen-bond acceptors (Lipinski definition) is 3. The van der Waals surface area contributed by atoms with Crippen molar-refractivity contribution in [2.45, 2.75) is 19.9 Å². The quantitative estimate of drug-likeness (QED) is 0.818. The second-order valence-corrected chi connectivity index (χ2v) is 3.99. The molecule has 1 rings (SSSR count). The Morgan fingerprint density at radius 2 is 2.22 bits per heavy atom. The number of rotatable bonds is 5. The van der Waals surface area contributed by atoms with Crippen LogP contribution in [0.25, 0.3) is 0 Å². The summed E-state index contributed by atoms with van der Waals surface area (Å²) >= 11 is 0. The van der Waals surface area contributed by atoms with E-state index < -0.39 is 5.97 Å². The summed E-state index contributed by atoms with van der Waals surface area (Å²) in [4.78, 5) is 27.5. The first kappa shape index (κ1) is 14.0. The monoisotopic (exact) mass is 251 g/mol. The predicted molar refractivity (Wildman–Crippen MR) is 66.1 cm³/mol. The summed E-state index contributed by atoms with van der Waals surface area (Å²) < 4.78 is 0. The summed E-state index contributed by atoms with van der Waals surface area (Å²) in [7, 11) is 1.56.